The molecular formula is C11H10BrClF3NO. The second-order valence-corrected chi connectivity index (χ2v) is 4.90. The maximum absolute atomic E-state index is 12.6. The summed E-state index contributed by atoms with van der Waals surface area (Å²) in [5.74, 6) is -0.779. The Hall–Kier alpha value is -0.750. The maximum atomic E-state index is 12.6. The average Bonchev–Trinajstić information content (AvgIpc) is 2.29. The van der Waals surface area contributed by atoms with Crippen molar-refractivity contribution in [1.82, 2.24) is 0 Å². The number of halogens is 5. The first-order chi connectivity index (χ1) is 8.25. The fraction of sp³-hybridized carbons (Fsp3) is 0.364. The van der Waals surface area contributed by atoms with E-state index >= 15 is 0 Å². The number of hydrogen-bond acceptors (Lipinski definition) is 1. The van der Waals surface area contributed by atoms with E-state index < -0.39 is 23.6 Å². The van der Waals surface area contributed by atoms with Crippen LogP contribution in [0.4, 0.5) is 18.9 Å². The van der Waals surface area contributed by atoms with Gasteiger partial charge in [-0.15, -0.1) is 11.6 Å². The molecule has 0 saturated carbocycles. The molecule has 1 rings (SSSR count). The van der Waals surface area contributed by atoms with E-state index in [-0.39, 0.29) is 16.0 Å². The fourth-order valence-electron chi connectivity index (χ4n) is 1.16. The molecule has 0 saturated heterocycles. The lowest BCUT2D eigenvalue weighted by Crippen LogP contribution is -2.21. The molecule has 0 aliphatic rings. The van der Waals surface area contributed by atoms with Gasteiger partial charge < -0.3 is 5.32 Å². The van der Waals surface area contributed by atoms with Gasteiger partial charge in [-0.05, 0) is 18.2 Å². The van der Waals surface area contributed by atoms with Crippen LogP contribution in [0.5, 0.6) is 0 Å². The van der Waals surface area contributed by atoms with Gasteiger partial charge in [0, 0.05) is 22.0 Å². The number of carbonyl (C=O) groups excluding carboxylic acids is 1. The zero-order chi connectivity index (χ0) is 13.9. The number of hydrogen-bond donors (Lipinski definition) is 1. The largest absolute Gasteiger partial charge is 0.417 e. The summed E-state index contributed by atoms with van der Waals surface area (Å²) in [7, 11) is 0. The normalized spacial score (nSPS) is 13.2. The minimum atomic E-state index is -4.47. The third-order valence-electron chi connectivity index (χ3n) is 2.22. The molecule has 1 atom stereocenters. The van der Waals surface area contributed by atoms with Gasteiger partial charge in [-0.25, -0.2) is 0 Å². The quantitative estimate of drug-likeness (QED) is 0.815. The number of benzene rings is 1. The van der Waals surface area contributed by atoms with Gasteiger partial charge in [0.05, 0.1) is 5.56 Å². The molecule has 0 radical (unpaired) electrons. The molecule has 100 valence electrons. The standard InChI is InChI=1S/C11H10BrClF3NO/c1-6(5-13)10(18)17-7-2-3-9(12)8(4-7)11(14,15)16/h2-4,6H,5H2,1H3,(H,17,18). The van der Waals surface area contributed by atoms with Crippen LogP contribution in [0, 0.1) is 5.92 Å². The number of nitrogens with one attached hydrogen (secondary N) is 1. The summed E-state index contributed by atoms with van der Waals surface area (Å²) in [4.78, 5) is 11.5. The maximum Gasteiger partial charge on any atom is 0.417 e. The van der Waals surface area contributed by atoms with Crippen LogP contribution in [0.15, 0.2) is 22.7 Å². The van der Waals surface area contributed by atoms with E-state index in [9.17, 15) is 18.0 Å². The molecule has 0 spiro atoms. The van der Waals surface area contributed by atoms with Crippen molar-refractivity contribution in [2.24, 2.45) is 5.92 Å². The molecule has 1 unspecified atom stereocenters. The number of anilines is 1. The summed E-state index contributed by atoms with van der Waals surface area (Å²) >= 11 is 8.32. The Labute approximate surface area is 116 Å². The fourth-order valence-corrected chi connectivity index (χ4v) is 1.77. The molecule has 1 aromatic rings. The molecule has 1 aromatic carbocycles. The van der Waals surface area contributed by atoms with E-state index in [1.807, 2.05) is 0 Å². The third kappa shape index (κ3) is 3.88. The van der Waals surface area contributed by atoms with Crippen molar-refractivity contribution in [2.75, 3.05) is 11.2 Å². The Bertz CT molecular complexity index is 450. The smallest absolute Gasteiger partial charge is 0.326 e. The van der Waals surface area contributed by atoms with Gasteiger partial charge in [0.1, 0.15) is 0 Å². The number of rotatable bonds is 3. The monoisotopic (exact) mass is 343 g/mol. The highest BCUT2D eigenvalue weighted by molar-refractivity contribution is 9.10. The Morgan fingerprint density at radius 1 is 1.50 bits per heavy atom. The molecular weight excluding hydrogens is 334 g/mol. The van der Waals surface area contributed by atoms with Crippen molar-refractivity contribution in [2.45, 2.75) is 13.1 Å². The van der Waals surface area contributed by atoms with Crippen LogP contribution in [-0.4, -0.2) is 11.8 Å². The topological polar surface area (TPSA) is 29.1 Å². The lowest BCUT2D eigenvalue weighted by molar-refractivity contribution is -0.138. The second kappa shape index (κ2) is 5.93. The molecule has 0 aliphatic heterocycles. The van der Waals surface area contributed by atoms with Crippen LogP contribution in [0.2, 0.25) is 0 Å². The SMILES string of the molecule is CC(CCl)C(=O)Nc1ccc(Br)c(C(F)(F)F)c1. The second-order valence-electron chi connectivity index (χ2n) is 3.74. The van der Waals surface area contributed by atoms with Gasteiger partial charge >= 0.3 is 6.18 Å². The van der Waals surface area contributed by atoms with E-state index in [0.717, 1.165) is 6.07 Å². The predicted molar refractivity (Wildman–Crippen MR) is 67.7 cm³/mol. The van der Waals surface area contributed by atoms with Crippen LogP contribution < -0.4 is 5.32 Å². The van der Waals surface area contributed by atoms with E-state index in [4.69, 9.17) is 11.6 Å². The van der Waals surface area contributed by atoms with E-state index in [2.05, 4.69) is 21.2 Å². The lowest BCUT2D eigenvalue weighted by Gasteiger charge is -2.13. The summed E-state index contributed by atoms with van der Waals surface area (Å²) in [5, 5.41) is 2.39. The van der Waals surface area contributed by atoms with Gasteiger partial charge in [-0.3, -0.25) is 4.79 Å². The van der Waals surface area contributed by atoms with E-state index in [1.165, 1.54) is 12.1 Å². The van der Waals surface area contributed by atoms with E-state index in [0.29, 0.717) is 0 Å². The van der Waals surface area contributed by atoms with Gasteiger partial charge in [0.15, 0.2) is 0 Å². The van der Waals surface area contributed by atoms with Crippen molar-refractivity contribution < 1.29 is 18.0 Å². The predicted octanol–water partition coefficient (Wildman–Crippen LogP) is 4.28. The number of alkyl halides is 4. The molecule has 1 amide bonds. The summed E-state index contributed by atoms with van der Waals surface area (Å²) < 4.78 is 37.8. The Balaban J connectivity index is 2.96. The molecule has 7 heteroatoms. The summed E-state index contributed by atoms with van der Waals surface area (Å²) in [5.41, 5.74) is -0.744. The Kier molecular flexibility index (Phi) is 5.04. The van der Waals surface area contributed by atoms with Gasteiger partial charge in [0.25, 0.3) is 0 Å². The van der Waals surface area contributed by atoms with Gasteiger partial charge in [-0.2, -0.15) is 13.2 Å². The Morgan fingerprint density at radius 3 is 2.61 bits per heavy atom. The van der Waals surface area contributed by atoms with Gasteiger partial charge in [-0.1, -0.05) is 22.9 Å². The number of carbonyl (C=O) groups is 1. The summed E-state index contributed by atoms with van der Waals surface area (Å²) in [6.07, 6.45) is -4.47. The highest BCUT2D eigenvalue weighted by Crippen LogP contribution is 2.36. The first-order valence-electron chi connectivity index (χ1n) is 4.99. The summed E-state index contributed by atoms with van der Waals surface area (Å²) in [6, 6.07) is 3.50. The molecule has 0 aliphatic carbocycles. The molecule has 0 heterocycles. The first-order valence-corrected chi connectivity index (χ1v) is 6.32. The third-order valence-corrected chi connectivity index (χ3v) is 3.37. The van der Waals surface area contributed by atoms with Crippen molar-refractivity contribution in [3.63, 3.8) is 0 Å². The Morgan fingerprint density at radius 2 is 2.11 bits per heavy atom. The van der Waals surface area contributed by atoms with Crippen molar-refractivity contribution in [3.8, 4) is 0 Å². The molecule has 18 heavy (non-hydrogen) atoms. The summed E-state index contributed by atoms with van der Waals surface area (Å²) in [6.45, 7) is 1.59. The van der Waals surface area contributed by atoms with E-state index in [1.54, 1.807) is 6.92 Å². The van der Waals surface area contributed by atoms with Gasteiger partial charge in [0.2, 0.25) is 5.91 Å². The number of amides is 1. The van der Waals surface area contributed by atoms with Crippen LogP contribution >= 0.6 is 27.5 Å². The van der Waals surface area contributed by atoms with Crippen LogP contribution in [0.3, 0.4) is 0 Å². The minimum absolute atomic E-state index is 0.0709. The molecule has 1 N–H and O–H groups in total. The lowest BCUT2D eigenvalue weighted by atomic mass is 10.1. The zero-order valence-electron chi connectivity index (χ0n) is 9.31. The van der Waals surface area contributed by atoms with Crippen LogP contribution in [0.1, 0.15) is 12.5 Å². The molecule has 0 aromatic heterocycles. The van der Waals surface area contributed by atoms with Crippen molar-refractivity contribution >= 4 is 39.1 Å². The molecule has 0 bridgehead atoms. The van der Waals surface area contributed by atoms with Crippen molar-refractivity contribution in [3.05, 3.63) is 28.2 Å². The zero-order valence-corrected chi connectivity index (χ0v) is 11.7. The first kappa shape index (κ1) is 15.3. The highest BCUT2D eigenvalue weighted by atomic mass is 79.9. The minimum Gasteiger partial charge on any atom is -0.326 e. The van der Waals surface area contributed by atoms with Crippen LogP contribution in [-0.2, 0) is 11.0 Å². The highest BCUT2D eigenvalue weighted by Gasteiger charge is 2.33. The van der Waals surface area contributed by atoms with Crippen LogP contribution in [0.25, 0.3) is 0 Å². The van der Waals surface area contributed by atoms with Crippen molar-refractivity contribution in [1.29, 1.82) is 0 Å². The molecule has 0 fully saturated rings. The molecule has 2 nitrogen and oxygen atoms in total. The average molecular weight is 345 g/mol.